The molecule has 1 heterocycles. The van der Waals surface area contributed by atoms with Gasteiger partial charge in [-0.2, -0.15) is 0 Å². The number of rotatable bonds is 4. The van der Waals surface area contributed by atoms with Crippen molar-refractivity contribution in [2.45, 2.75) is 44.7 Å². The maximum atomic E-state index is 12.7. The first-order valence-corrected chi connectivity index (χ1v) is 7.83. The fraction of sp³-hybridized carbons (Fsp3) is 0.562. The van der Waals surface area contributed by atoms with Crippen molar-refractivity contribution in [1.82, 2.24) is 10.2 Å². The van der Waals surface area contributed by atoms with E-state index in [-0.39, 0.29) is 5.91 Å². The van der Waals surface area contributed by atoms with Gasteiger partial charge in [-0.1, -0.05) is 11.6 Å². The molecule has 2 aliphatic rings. The maximum Gasteiger partial charge on any atom is 0.254 e. The van der Waals surface area contributed by atoms with E-state index in [9.17, 15) is 4.79 Å². The first-order valence-electron chi connectivity index (χ1n) is 7.45. The third kappa shape index (κ3) is 2.99. The van der Waals surface area contributed by atoms with Crippen LogP contribution in [0.25, 0.3) is 0 Å². The normalized spacial score (nSPS) is 22.0. The molecule has 108 valence electrons. The predicted octanol–water partition coefficient (Wildman–Crippen LogP) is 3.01. The van der Waals surface area contributed by atoms with Crippen LogP contribution < -0.4 is 5.32 Å². The van der Waals surface area contributed by atoms with E-state index in [4.69, 9.17) is 11.6 Å². The minimum Gasteiger partial charge on any atom is -0.334 e. The number of carbonyl (C=O) groups excluding carboxylic acids is 1. The van der Waals surface area contributed by atoms with Gasteiger partial charge in [0, 0.05) is 29.2 Å². The Morgan fingerprint density at radius 1 is 1.40 bits per heavy atom. The molecule has 3 nitrogen and oxygen atoms in total. The van der Waals surface area contributed by atoms with E-state index in [2.05, 4.69) is 10.2 Å². The highest BCUT2D eigenvalue weighted by Gasteiger charge is 2.35. The number of carbonyl (C=O) groups is 1. The van der Waals surface area contributed by atoms with Gasteiger partial charge in [-0.15, -0.1) is 0 Å². The summed E-state index contributed by atoms with van der Waals surface area (Å²) < 4.78 is 0. The molecule has 0 spiro atoms. The molecule has 1 atom stereocenters. The van der Waals surface area contributed by atoms with E-state index in [1.807, 2.05) is 25.1 Å². The highest BCUT2D eigenvalue weighted by atomic mass is 35.5. The molecule has 1 aliphatic heterocycles. The van der Waals surface area contributed by atoms with Gasteiger partial charge in [-0.05, 0) is 62.9 Å². The van der Waals surface area contributed by atoms with E-state index >= 15 is 0 Å². The van der Waals surface area contributed by atoms with Gasteiger partial charge >= 0.3 is 0 Å². The lowest BCUT2D eigenvalue weighted by atomic mass is 10.1. The van der Waals surface area contributed by atoms with E-state index < -0.39 is 0 Å². The van der Waals surface area contributed by atoms with E-state index in [0.29, 0.717) is 12.1 Å². The van der Waals surface area contributed by atoms with Crippen LogP contribution in [-0.4, -0.2) is 36.0 Å². The van der Waals surface area contributed by atoms with Crippen LogP contribution in [0.5, 0.6) is 0 Å². The van der Waals surface area contributed by atoms with Crippen molar-refractivity contribution in [1.29, 1.82) is 0 Å². The molecular formula is C16H21ClN2O. The van der Waals surface area contributed by atoms with Crippen molar-refractivity contribution in [2.24, 2.45) is 0 Å². The summed E-state index contributed by atoms with van der Waals surface area (Å²) in [6, 6.07) is 6.48. The van der Waals surface area contributed by atoms with Gasteiger partial charge in [0.2, 0.25) is 0 Å². The van der Waals surface area contributed by atoms with Crippen molar-refractivity contribution >= 4 is 17.5 Å². The third-order valence-electron chi connectivity index (χ3n) is 4.23. The largest absolute Gasteiger partial charge is 0.334 e. The molecule has 1 saturated heterocycles. The van der Waals surface area contributed by atoms with Crippen LogP contribution in [0.15, 0.2) is 18.2 Å². The lowest BCUT2D eigenvalue weighted by Crippen LogP contribution is -2.42. The lowest BCUT2D eigenvalue weighted by Gasteiger charge is -2.26. The van der Waals surface area contributed by atoms with Crippen LogP contribution in [0.4, 0.5) is 0 Å². The SMILES string of the molecule is Cc1cc(C(=O)N(CC2CCCN2)C2CC2)ccc1Cl. The van der Waals surface area contributed by atoms with E-state index in [1.54, 1.807) is 0 Å². The summed E-state index contributed by atoms with van der Waals surface area (Å²) in [7, 11) is 0. The molecule has 3 rings (SSSR count). The van der Waals surface area contributed by atoms with Gasteiger partial charge in [-0.25, -0.2) is 0 Å². The van der Waals surface area contributed by atoms with Gasteiger partial charge < -0.3 is 10.2 Å². The highest BCUT2D eigenvalue weighted by molar-refractivity contribution is 6.31. The zero-order chi connectivity index (χ0) is 14.1. The van der Waals surface area contributed by atoms with Crippen LogP contribution in [0.1, 0.15) is 41.6 Å². The average molecular weight is 293 g/mol. The lowest BCUT2D eigenvalue weighted by molar-refractivity contribution is 0.0728. The quantitative estimate of drug-likeness (QED) is 0.925. The minimum atomic E-state index is 0.154. The predicted molar refractivity (Wildman–Crippen MR) is 81.3 cm³/mol. The van der Waals surface area contributed by atoms with Crippen molar-refractivity contribution < 1.29 is 4.79 Å². The first kappa shape index (κ1) is 13.9. The van der Waals surface area contributed by atoms with E-state index in [0.717, 1.165) is 42.1 Å². The summed E-state index contributed by atoms with van der Waals surface area (Å²) in [4.78, 5) is 14.8. The van der Waals surface area contributed by atoms with Gasteiger partial charge in [0.1, 0.15) is 0 Å². The topological polar surface area (TPSA) is 32.3 Å². The Labute approximate surface area is 125 Å². The molecule has 1 aromatic rings. The van der Waals surface area contributed by atoms with Crippen LogP contribution in [-0.2, 0) is 0 Å². The van der Waals surface area contributed by atoms with Crippen LogP contribution in [0.3, 0.4) is 0 Å². The fourth-order valence-corrected chi connectivity index (χ4v) is 3.00. The number of amides is 1. The summed E-state index contributed by atoms with van der Waals surface area (Å²) >= 11 is 6.04. The molecule has 2 fully saturated rings. The molecule has 0 radical (unpaired) electrons. The Bertz CT molecular complexity index is 507. The second-order valence-corrected chi connectivity index (χ2v) is 6.35. The molecule has 4 heteroatoms. The standard InChI is InChI=1S/C16H21ClN2O/c1-11-9-12(4-7-15(11)17)16(20)19(14-5-6-14)10-13-3-2-8-18-13/h4,7,9,13-14,18H,2-3,5-6,8,10H2,1H3. The molecule has 1 amide bonds. The molecule has 1 saturated carbocycles. The Balaban J connectivity index is 1.75. The first-order chi connectivity index (χ1) is 9.65. The molecule has 1 unspecified atom stereocenters. The molecule has 0 aromatic heterocycles. The van der Waals surface area contributed by atoms with E-state index in [1.165, 1.54) is 12.8 Å². The zero-order valence-electron chi connectivity index (χ0n) is 11.9. The maximum absolute atomic E-state index is 12.7. The number of nitrogens with zero attached hydrogens (tertiary/aromatic N) is 1. The number of halogens is 1. The third-order valence-corrected chi connectivity index (χ3v) is 4.66. The summed E-state index contributed by atoms with van der Waals surface area (Å²) in [6.45, 7) is 3.86. The number of aryl methyl sites for hydroxylation is 1. The number of benzene rings is 1. The van der Waals surface area contributed by atoms with Gasteiger partial charge in [0.05, 0.1) is 0 Å². The summed E-state index contributed by atoms with van der Waals surface area (Å²) in [6.07, 6.45) is 4.68. The second kappa shape index (κ2) is 5.74. The minimum absolute atomic E-state index is 0.154. The van der Waals surface area contributed by atoms with Crippen molar-refractivity contribution in [3.05, 3.63) is 34.3 Å². The van der Waals surface area contributed by atoms with Gasteiger partial charge in [-0.3, -0.25) is 4.79 Å². The Morgan fingerprint density at radius 3 is 2.80 bits per heavy atom. The smallest absolute Gasteiger partial charge is 0.254 e. The summed E-state index contributed by atoms with van der Waals surface area (Å²) in [5, 5.41) is 4.20. The van der Waals surface area contributed by atoms with Gasteiger partial charge in [0.25, 0.3) is 5.91 Å². The fourth-order valence-electron chi connectivity index (χ4n) is 2.88. The molecule has 0 bridgehead atoms. The second-order valence-electron chi connectivity index (χ2n) is 5.95. The van der Waals surface area contributed by atoms with Crippen LogP contribution in [0, 0.1) is 6.92 Å². The molecule has 1 N–H and O–H groups in total. The summed E-state index contributed by atoms with van der Waals surface area (Å²) in [5.41, 5.74) is 1.73. The Morgan fingerprint density at radius 2 is 2.20 bits per heavy atom. The zero-order valence-corrected chi connectivity index (χ0v) is 12.6. The monoisotopic (exact) mass is 292 g/mol. The highest BCUT2D eigenvalue weighted by Crippen LogP contribution is 2.29. The van der Waals surface area contributed by atoms with Crippen molar-refractivity contribution in [2.75, 3.05) is 13.1 Å². The number of hydrogen-bond acceptors (Lipinski definition) is 2. The molecular weight excluding hydrogens is 272 g/mol. The number of hydrogen-bond donors (Lipinski definition) is 1. The Hall–Kier alpha value is -1.06. The average Bonchev–Trinajstić information content (AvgIpc) is 3.15. The molecule has 1 aliphatic carbocycles. The Kier molecular flexibility index (Phi) is 3.99. The van der Waals surface area contributed by atoms with Crippen LogP contribution >= 0.6 is 11.6 Å². The van der Waals surface area contributed by atoms with Crippen molar-refractivity contribution in [3.8, 4) is 0 Å². The van der Waals surface area contributed by atoms with Crippen molar-refractivity contribution in [3.63, 3.8) is 0 Å². The molecule has 20 heavy (non-hydrogen) atoms. The number of nitrogens with one attached hydrogen (secondary N) is 1. The molecule has 1 aromatic carbocycles. The summed E-state index contributed by atoms with van der Waals surface area (Å²) in [5.74, 6) is 0.154. The van der Waals surface area contributed by atoms with Gasteiger partial charge in [0.15, 0.2) is 0 Å². The van der Waals surface area contributed by atoms with Crippen LogP contribution in [0.2, 0.25) is 5.02 Å².